The van der Waals surface area contributed by atoms with Gasteiger partial charge < -0.3 is 18.8 Å². The lowest BCUT2D eigenvalue weighted by Gasteiger charge is -2.09. The van der Waals surface area contributed by atoms with Crippen LogP contribution in [-0.4, -0.2) is 17.5 Å². The number of nitrogens with zero attached hydrogens (tertiary/aromatic N) is 1. The largest absolute Gasteiger partial charge is 0.497 e. The van der Waals surface area contributed by atoms with Gasteiger partial charge >= 0.3 is 0 Å². The summed E-state index contributed by atoms with van der Waals surface area (Å²) < 4.78 is 19.4. The highest BCUT2D eigenvalue weighted by Gasteiger charge is 2.30. The van der Waals surface area contributed by atoms with Crippen molar-refractivity contribution < 1.29 is 19.0 Å². The van der Waals surface area contributed by atoms with Crippen LogP contribution in [0.1, 0.15) is 32.6 Å². The van der Waals surface area contributed by atoms with Gasteiger partial charge in [-0.25, -0.2) is 0 Å². The molecule has 0 radical (unpaired) electrons. The second kappa shape index (κ2) is 8.17. The van der Waals surface area contributed by atoms with Crippen molar-refractivity contribution in [1.82, 2.24) is 4.57 Å². The molecule has 166 valence electrons. The minimum Gasteiger partial charge on any atom is -0.497 e. The van der Waals surface area contributed by atoms with E-state index >= 15 is 0 Å². The van der Waals surface area contributed by atoms with E-state index in [4.69, 9.17) is 14.2 Å². The third kappa shape index (κ3) is 3.87. The second-order valence-corrected chi connectivity index (χ2v) is 8.41. The number of benzene rings is 3. The fourth-order valence-corrected chi connectivity index (χ4v) is 4.20. The number of ketones is 1. The highest BCUT2D eigenvalue weighted by molar-refractivity contribution is 6.16. The molecule has 1 aliphatic rings. The molecule has 0 N–H and O–H groups in total. The zero-order valence-corrected chi connectivity index (χ0v) is 19.1. The molecule has 0 saturated heterocycles. The summed E-state index contributed by atoms with van der Waals surface area (Å²) in [4.78, 5) is 13.1. The molecule has 0 atom stereocenters. The first kappa shape index (κ1) is 20.9. The molecule has 0 spiro atoms. The number of carbonyl (C=O) groups excluding carboxylic acids is 1. The van der Waals surface area contributed by atoms with Gasteiger partial charge in [-0.2, -0.15) is 0 Å². The summed E-state index contributed by atoms with van der Waals surface area (Å²) in [6, 6.07) is 17.8. The Kier molecular flexibility index (Phi) is 5.17. The predicted octanol–water partition coefficient (Wildman–Crippen LogP) is 6.00. The van der Waals surface area contributed by atoms with E-state index in [0.717, 1.165) is 33.3 Å². The van der Waals surface area contributed by atoms with Gasteiger partial charge in [0.1, 0.15) is 23.9 Å². The number of methoxy groups -OCH3 is 1. The molecular weight excluding hydrogens is 414 g/mol. The third-order valence-corrected chi connectivity index (χ3v) is 5.98. The standard InChI is InChI=1S/C28H25NO4/c1-17-5-7-19(8-6-17)16-32-22-11-18(2)27-25(14-22)33-26(28(27)30)12-20-15-29(3)24-10-9-21(31-4)13-23(20)24/h5-15H,16H2,1-4H3/b26-12-. The van der Waals surface area contributed by atoms with Gasteiger partial charge in [0.15, 0.2) is 5.76 Å². The number of rotatable bonds is 5. The number of carbonyl (C=O) groups is 1. The summed E-state index contributed by atoms with van der Waals surface area (Å²) >= 11 is 0. The van der Waals surface area contributed by atoms with Crippen LogP contribution in [0.2, 0.25) is 0 Å². The SMILES string of the molecule is COc1ccc2c(c1)c(/C=C1\Oc3cc(OCc4ccc(C)cc4)cc(C)c3C1=O)cn2C. The Morgan fingerprint density at radius 3 is 2.55 bits per heavy atom. The smallest absolute Gasteiger partial charge is 0.232 e. The molecule has 2 heterocycles. The van der Waals surface area contributed by atoms with E-state index in [9.17, 15) is 4.79 Å². The molecule has 1 aliphatic heterocycles. The van der Waals surface area contributed by atoms with Crippen LogP contribution in [0.4, 0.5) is 0 Å². The van der Waals surface area contributed by atoms with Crippen LogP contribution in [0.3, 0.4) is 0 Å². The number of hydrogen-bond donors (Lipinski definition) is 0. The second-order valence-electron chi connectivity index (χ2n) is 8.41. The van der Waals surface area contributed by atoms with E-state index < -0.39 is 0 Å². The van der Waals surface area contributed by atoms with Crippen LogP contribution in [0.5, 0.6) is 17.2 Å². The van der Waals surface area contributed by atoms with Crippen LogP contribution in [0.25, 0.3) is 17.0 Å². The molecule has 5 rings (SSSR count). The summed E-state index contributed by atoms with van der Waals surface area (Å²) in [5, 5.41) is 0.996. The highest BCUT2D eigenvalue weighted by Crippen LogP contribution is 2.38. The Morgan fingerprint density at radius 1 is 1.00 bits per heavy atom. The maximum Gasteiger partial charge on any atom is 0.232 e. The monoisotopic (exact) mass is 439 g/mol. The van der Waals surface area contributed by atoms with Gasteiger partial charge in [-0.3, -0.25) is 4.79 Å². The van der Waals surface area contributed by atoms with E-state index in [0.29, 0.717) is 29.4 Å². The Morgan fingerprint density at radius 2 is 1.79 bits per heavy atom. The van der Waals surface area contributed by atoms with E-state index in [2.05, 4.69) is 31.2 Å². The first-order valence-electron chi connectivity index (χ1n) is 10.8. The maximum absolute atomic E-state index is 13.1. The number of ether oxygens (including phenoxy) is 3. The Hall–Kier alpha value is -3.99. The topological polar surface area (TPSA) is 49.7 Å². The van der Waals surface area contributed by atoms with E-state index in [1.54, 1.807) is 19.3 Å². The van der Waals surface area contributed by atoms with Crippen molar-refractivity contribution in [2.75, 3.05) is 7.11 Å². The van der Waals surface area contributed by atoms with Crippen molar-refractivity contribution in [2.24, 2.45) is 7.05 Å². The fourth-order valence-electron chi connectivity index (χ4n) is 4.20. The first-order chi connectivity index (χ1) is 15.9. The quantitative estimate of drug-likeness (QED) is 0.358. The van der Waals surface area contributed by atoms with Gasteiger partial charge in [0.05, 0.1) is 12.7 Å². The number of allylic oxidation sites excluding steroid dienone is 1. The molecule has 0 aliphatic carbocycles. The van der Waals surface area contributed by atoms with Crippen molar-refractivity contribution >= 4 is 22.8 Å². The summed E-state index contributed by atoms with van der Waals surface area (Å²) in [5.41, 5.74) is 5.66. The van der Waals surface area contributed by atoms with Gasteiger partial charge in [0, 0.05) is 35.8 Å². The molecule has 4 aromatic rings. The molecule has 0 amide bonds. The van der Waals surface area contributed by atoms with Gasteiger partial charge in [0.25, 0.3) is 0 Å². The molecule has 3 aromatic carbocycles. The maximum atomic E-state index is 13.1. The zero-order valence-electron chi connectivity index (χ0n) is 19.1. The molecule has 5 heteroatoms. The van der Waals surface area contributed by atoms with E-state index in [-0.39, 0.29) is 5.78 Å². The summed E-state index contributed by atoms with van der Waals surface area (Å²) in [6.45, 7) is 4.42. The number of aryl methyl sites for hydroxylation is 3. The molecule has 0 unspecified atom stereocenters. The van der Waals surface area contributed by atoms with Crippen LogP contribution in [0, 0.1) is 13.8 Å². The van der Waals surface area contributed by atoms with Gasteiger partial charge in [-0.05, 0) is 55.3 Å². The van der Waals surface area contributed by atoms with Crippen LogP contribution in [0.15, 0.2) is 66.6 Å². The van der Waals surface area contributed by atoms with Crippen molar-refractivity contribution in [3.8, 4) is 17.2 Å². The number of fused-ring (bicyclic) bond motifs is 2. The number of aromatic nitrogens is 1. The van der Waals surface area contributed by atoms with Crippen molar-refractivity contribution in [2.45, 2.75) is 20.5 Å². The van der Waals surface area contributed by atoms with Crippen LogP contribution >= 0.6 is 0 Å². The van der Waals surface area contributed by atoms with Gasteiger partial charge in [0.2, 0.25) is 5.78 Å². The first-order valence-corrected chi connectivity index (χ1v) is 10.8. The minimum atomic E-state index is -0.118. The lowest BCUT2D eigenvalue weighted by molar-refractivity contribution is 0.101. The van der Waals surface area contributed by atoms with Crippen molar-refractivity contribution in [1.29, 1.82) is 0 Å². The van der Waals surface area contributed by atoms with E-state index in [1.165, 1.54) is 5.56 Å². The molecule has 1 aromatic heterocycles. The van der Waals surface area contributed by atoms with E-state index in [1.807, 2.05) is 49.0 Å². The van der Waals surface area contributed by atoms with Crippen LogP contribution < -0.4 is 14.2 Å². The third-order valence-electron chi connectivity index (χ3n) is 5.98. The zero-order chi connectivity index (χ0) is 23.1. The molecule has 5 nitrogen and oxygen atoms in total. The molecule has 0 fully saturated rings. The highest BCUT2D eigenvalue weighted by atomic mass is 16.5. The fraction of sp³-hybridized carbons (Fsp3) is 0.179. The van der Waals surface area contributed by atoms with Gasteiger partial charge in [-0.15, -0.1) is 0 Å². The van der Waals surface area contributed by atoms with Crippen molar-refractivity contribution in [3.63, 3.8) is 0 Å². The lowest BCUT2D eigenvalue weighted by Crippen LogP contribution is -2.00. The van der Waals surface area contributed by atoms with Gasteiger partial charge in [-0.1, -0.05) is 29.8 Å². The average molecular weight is 440 g/mol. The summed E-state index contributed by atoms with van der Waals surface area (Å²) in [7, 11) is 3.62. The lowest BCUT2D eigenvalue weighted by atomic mass is 10.0. The Balaban J connectivity index is 1.44. The molecule has 0 saturated carbocycles. The average Bonchev–Trinajstić information content (AvgIpc) is 3.29. The Labute approximate surface area is 192 Å². The van der Waals surface area contributed by atoms with Crippen LogP contribution in [-0.2, 0) is 13.7 Å². The Bertz CT molecular complexity index is 1410. The molecular formula is C28H25NO4. The number of Topliss-reactive ketones (excluding diaryl/α,β-unsaturated/α-hetero) is 1. The predicted molar refractivity (Wildman–Crippen MR) is 129 cm³/mol. The summed E-state index contributed by atoms with van der Waals surface area (Å²) in [6.07, 6.45) is 3.79. The van der Waals surface area contributed by atoms with Crippen molar-refractivity contribution in [3.05, 3.63) is 94.4 Å². The normalized spacial score (nSPS) is 13.9. The summed E-state index contributed by atoms with van der Waals surface area (Å²) in [5.74, 6) is 2.16. The molecule has 0 bridgehead atoms. The number of hydrogen-bond acceptors (Lipinski definition) is 4. The minimum absolute atomic E-state index is 0.118. The molecule has 33 heavy (non-hydrogen) atoms.